The van der Waals surface area contributed by atoms with Gasteiger partial charge < -0.3 is 14.6 Å². The number of pyridine rings is 1. The van der Waals surface area contributed by atoms with Crippen LogP contribution in [0.15, 0.2) is 60.4 Å². The number of hydrogen-bond acceptors (Lipinski definition) is 6. The minimum absolute atomic E-state index is 0.000970. The number of amides is 1. The van der Waals surface area contributed by atoms with E-state index < -0.39 is 23.5 Å². The molecule has 1 saturated heterocycles. The molecule has 1 aliphatic rings. The van der Waals surface area contributed by atoms with Crippen LogP contribution in [0.1, 0.15) is 17.2 Å². The fourth-order valence-electron chi connectivity index (χ4n) is 3.87. The van der Waals surface area contributed by atoms with Crippen molar-refractivity contribution in [3.05, 3.63) is 86.6 Å². The van der Waals surface area contributed by atoms with E-state index >= 15 is 0 Å². The van der Waals surface area contributed by atoms with Crippen molar-refractivity contribution in [2.24, 2.45) is 0 Å². The zero-order valence-electron chi connectivity index (χ0n) is 17.9. The predicted octanol–water partition coefficient (Wildman–Crippen LogP) is 5.69. The summed E-state index contributed by atoms with van der Waals surface area (Å²) < 4.78 is 10.6. The summed E-state index contributed by atoms with van der Waals surface area (Å²) in [6.07, 6.45) is 3.06. The number of aromatic nitrogens is 1. The van der Waals surface area contributed by atoms with Crippen molar-refractivity contribution in [2.75, 3.05) is 19.1 Å². The van der Waals surface area contributed by atoms with Crippen molar-refractivity contribution < 1.29 is 24.2 Å². The zero-order valence-corrected chi connectivity index (χ0v) is 20.1. The summed E-state index contributed by atoms with van der Waals surface area (Å²) in [6, 6.07) is 10.2. The van der Waals surface area contributed by atoms with Gasteiger partial charge in [-0.05, 0) is 35.9 Å². The van der Waals surface area contributed by atoms with Crippen LogP contribution in [0.4, 0.5) is 5.69 Å². The Morgan fingerprint density at radius 1 is 1.03 bits per heavy atom. The van der Waals surface area contributed by atoms with Crippen molar-refractivity contribution >= 4 is 57.9 Å². The summed E-state index contributed by atoms with van der Waals surface area (Å²) in [5, 5.41) is 11.8. The molecule has 0 radical (unpaired) electrons. The van der Waals surface area contributed by atoms with Crippen LogP contribution in [0.5, 0.6) is 11.5 Å². The highest BCUT2D eigenvalue weighted by Gasteiger charge is 2.47. The number of halogens is 3. The number of methoxy groups -OCH3 is 2. The summed E-state index contributed by atoms with van der Waals surface area (Å²) in [6.45, 7) is 0. The largest absolute Gasteiger partial charge is 0.507 e. The van der Waals surface area contributed by atoms with Gasteiger partial charge in [-0.25, -0.2) is 0 Å². The van der Waals surface area contributed by atoms with Gasteiger partial charge >= 0.3 is 0 Å². The predicted molar refractivity (Wildman–Crippen MR) is 130 cm³/mol. The number of Topliss-reactive ketones (excluding diaryl/α,β-unsaturated/α-hetero) is 1. The zero-order chi connectivity index (χ0) is 24.6. The maximum Gasteiger partial charge on any atom is 0.300 e. The third-order valence-electron chi connectivity index (χ3n) is 5.33. The molecule has 1 aliphatic heterocycles. The Labute approximate surface area is 210 Å². The third-order valence-corrected chi connectivity index (χ3v) is 6.18. The average molecular weight is 520 g/mol. The van der Waals surface area contributed by atoms with Gasteiger partial charge in [0, 0.05) is 23.1 Å². The highest BCUT2D eigenvalue weighted by Crippen LogP contribution is 2.48. The van der Waals surface area contributed by atoms with Gasteiger partial charge in [-0.1, -0.05) is 46.9 Å². The van der Waals surface area contributed by atoms with Gasteiger partial charge in [0.2, 0.25) is 0 Å². The monoisotopic (exact) mass is 518 g/mol. The number of carbonyl (C=O) groups is 2. The van der Waals surface area contributed by atoms with E-state index in [-0.39, 0.29) is 32.7 Å². The molecule has 1 fully saturated rings. The Balaban J connectivity index is 2.01. The molecule has 0 bridgehead atoms. The first-order valence-corrected chi connectivity index (χ1v) is 11.0. The van der Waals surface area contributed by atoms with Gasteiger partial charge in [0.15, 0.2) is 11.5 Å². The molecule has 3 aromatic rings. The maximum absolute atomic E-state index is 13.3. The van der Waals surface area contributed by atoms with E-state index in [1.807, 2.05) is 0 Å². The van der Waals surface area contributed by atoms with Crippen LogP contribution in [0.3, 0.4) is 0 Å². The Kier molecular flexibility index (Phi) is 6.70. The van der Waals surface area contributed by atoms with Gasteiger partial charge in [-0.2, -0.15) is 0 Å². The van der Waals surface area contributed by atoms with Gasteiger partial charge in [-0.3, -0.25) is 19.5 Å². The van der Waals surface area contributed by atoms with Crippen LogP contribution >= 0.6 is 34.8 Å². The summed E-state index contributed by atoms with van der Waals surface area (Å²) in [4.78, 5) is 31.8. The van der Waals surface area contributed by atoms with E-state index in [1.165, 1.54) is 31.4 Å². The maximum atomic E-state index is 13.3. The lowest BCUT2D eigenvalue weighted by atomic mass is 9.95. The highest BCUT2D eigenvalue weighted by molar-refractivity contribution is 6.52. The number of nitrogens with zero attached hydrogens (tertiary/aromatic N) is 2. The van der Waals surface area contributed by atoms with Crippen molar-refractivity contribution in [3.8, 4) is 11.5 Å². The number of anilines is 1. The number of rotatable bonds is 5. The molecule has 1 amide bonds. The Bertz CT molecular complexity index is 1330. The first-order valence-electron chi connectivity index (χ1n) is 9.87. The summed E-state index contributed by atoms with van der Waals surface area (Å²) in [7, 11) is 2.72. The summed E-state index contributed by atoms with van der Waals surface area (Å²) >= 11 is 18.8. The van der Waals surface area contributed by atoms with Crippen LogP contribution < -0.4 is 14.4 Å². The standard InChI is InChI=1S/C24H17Cl3N2O5/c1-33-22-15(10-16(26)23(34-2)18(22)27)20(30)17-19(12-5-4-8-28-11-12)29(24(32)21(17)31)14-7-3-6-13(25)9-14/h3-11,19,30H,1-2H3/b20-17+. The van der Waals surface area contributed by atoms with Gasteiger partial charge in [0.1, 0.15) is 10.8 Å². The van der Waals surface area contributed by atoms with E-state index in [4.69, 9.17) is 44.3 Å². The minimum atomic E-state index is -1.00. The molecule has 0 aliphatic carbocycles. The fourth-order valence-corrected chi connectivity index (χ4v) is 4.74. The number of benzene rings is 2. The number of aliphatic hydroxyl groups is 1. The van der Waals surface area contributed by atoms with Crippen molar-refractivity contribution in [1.29, 1.82) is 0 Å². The second-order valence-electron chi connectivity index (χ2n) is 7.22. The number of aliphatic hydroxyl groups excluding tert-OH is 1. The molecule has 2 aromatic carbocycles. The highest BCUT2D eigenvalue weighted by atomic mass is 35.5. The lowest BCUT2D eigenvalue weighted by Crippen LogP contribution is -2.29. The molecule has 174 valence electrons. The van der Waals surface area contributed by atoms with Crippen molar-refractivity contribution in [3.63, 3.8) is 0 Å². The molecular weight excluding hydrogens is 503 g/mol. The fraction of sp³-hybridized carbons (Fsp3) is 0.125. The molecule has 4 rings (SSSR count). The van der Waals surface area contributed by atoms with Crippen LogP contribution in [-0.2, 0) is 9.59 Å². The van der Waals surface area contributed by atoms with E-state index in [0.29, 0.717) is 16.3 Å². The second-order valence-corrected chi connectivity index (χ2v) is 8.44. The van der Waals surface area contributed by atoms with Crippen LogP contribution in [0.2, 0.25) is 15.1 Å². The molecule has 1 N–H and O–H groups in total. The molecule has 1 atom stereocenters. The first-order chi connectivity index (χ1) is 16.3. The van der Waals surface area contributed by atoms with Gasteiger partial charge in [-0.15, -0.1) is 0 Å². The smallest absolute Gasteiger partial charge is 0.300 e. The molecule has 7 nitrogen and oxygen atoms in total. The third kappa shape index (κ3) is 3.96. The quantitative estimate of drug-likeness (QED) is 0.265. The Morgan fingerprint density at radius 3 is 2.38 bits per heavy atom. The molecule has 2 heterocycles. The molecule has 1 unspecified atom stereocenters. The number of carbonyl (C=O) groups excluding carboxylic acids is 2. The van der Waals surface area contributed by atoms with Gasteiger partial charge in [0.25, 0.3) is 11.7 Å². The topological polar surface area (TPSA) is 89.0 Å². The van der Waals surface area contributed by atoms with E-state index in [2.05, 4.69) is 4.98 Å². The molecular formula is C24H17Cl3N2O5. The lowest BCUT2D eigenvalue weighted by molar-refractivity contribution is -0.132. The molecule has 0 spiro atoms. The summed E-state index contributed by atoms with van der Waals surface area (Å²) in [5.41, 5.74) is 0.707. The number of ether oxygens (including phenoxy) is 2. The van der Waals surface area contributed by atoms with Gasteiger partial charge in [0.05, 0.1) is 36.4 Å². The van der Waals surface area contributed by atoms with Crippen LogP contribution in [0, 0.1) is 0 Å². The molecule has 1 aromatic heterocycles. The first kappa shape index (κ1) is 23.9. The second kappa shape index (κ2) is 9.54. The normalized spacial score (nSPS) is 17.2. The SMILES string of the molecule is COc1c(Cl)cc(/C(O)=C2\C(=O)C(=O)N(c3cccc(Cl)c3)C2c2cccnc2)c(OC)c1Cl. The van der Waals surface area contributed by atoms with E-state index in [9.17, 15) is 14.7 Å². The van der Waals surface area contributed by atoms with E-state index in [0.717, 1.165) is 0 Å². The molecule has 34 heavy (non-hydrogen) atoms. The minimum Gasteiger partial charge on any atom is -0.507 e. The lowest BCUT2D eigenvalue weighted by Gasteiger charge is -2.25. The van der Waals surface area contributed by atoms with Crippen LogP contribution in [-0.4, -0.2) is 36.0 Å². The average Bonchev–Trinajstić information content (AvgIpc) is 3.09. The van der Waals surface area contributed by atoms with Crippen molar-refractivity contribution in [1.82, 2.24) is 4.98 Å². The Morgan fingerprint density at radius 2 is 1.76 bits per heavy atom. The van der Waals surface area contributed by atoms with Crippen molar-refractivity contribution in [2.45, 2.75) is 6.04 Å². The molecule has 10 heteroatoms. The number of hydrogen-bond donors (Lipinski definition) is 1. The Hall–Kier alpha value is -3.26. The number of ketones is 1. The summed E-state index contributed by atoms with van der Waals surface area (Å²) in [5.74, 6) is -2.10. The van der Waals surface area contributed by atoms with Crippen LogP contribution in [0.25, 0.3) is 5.76 Å². The van der Waals surface area contributed by atoms with E-state index in [1.54, 1.807) is 42.6 Å². The molecule has 0 saturated carbocycles.